The second-order valence-corrected chi connectivity index (χ2v) is 6.95. The highest BCUT2D eigenvalue weighted by atomic mass is 16.2. The monoisotopic (exact) mass is 281 g/mol. The molecule has 1 saturated heterocycles. The fourth-order valence-corrected chi connectivity index (χ4v) is 3.68. The molecular formula is C16H31N3O. The number of carbonyl (C=O) groups excluding carboxylic acids is 1. The van der Waals surface area contributed by atoms with E-state index in [9.17, 15) is 4.79 Å². The van der Waals surface area contributed by atoms with Gasteiger partial charge in [-0.25, -0.2) is 0 Å². The van der Waals surface area contributed by atoms with Crippen molar-refractivity contribution in [2.75, 3.05) is 32.7 Å². The zero-order valence-electron chi connectivity index (χ0n) is 13.2. The largest absolute Gasteiger partial charge is 0.340 e. The molecule has 0 unspecified atom stereocenters. The normalized spacial score (nSPS) is 24.1. The van der Waals surface area contributed by atoms with Gasteiger partial charge in [0.2, 0.25) is 5.91 Å². The van der Waals surface area contributed by atoms with E-state index in [0.717, 1.165) is 39.0 Å². The predicted octanol–water partition coefficient (Wildman–Crippen LogP) is 1.84. The molecule has 0 spiro atoms. The fourth-order valence-electron chi connectivity index (χ4n) is 3.68. The minimum atomic E-state index is 0.102. The summed E-state index contributed by atoms with van der Waals surface area (Å²) >= 11 is 0. The van der Waals surface area contributed by atoms with Crippen molar-refractivity contribution in [3.8, 4) is 0 Å². The maximum absolute atomic E-state index is 12.6. The molecule has 0 bridgehead atoms. The molecule has 1 heterocycles. The van der Waals surface area contributed by atoms with Crippen LogP contribution >= 0.6 is 0 Å². The van der Waals surface area contributed by atoms with E-state index in [1.165, 1.54) is 19.3 Å². The first kappa shape index (κ1) is 15.8. The molecule has 0 aromatic heterocycles. The minimum absolute atomic E-state index is 0.102. The van der Waals surface area contributed by atoms with Crippen molar-refractivity contribution in [2.45, 2.75) is 58.4 Å². The predicted molar refractivity (Wildman–Crippen MR) is 82.5 cm³/mol. The van der Waals surface area contributed by atoms with Crippen LogP contribution in [0.2, 0.25) is 0 Å². The Morgan fingerprint density at radius 2 is 1.70 bits per heavy atom. The summed E-state index contributed by atoms with van der Waals surface area (Å²) in [6, 6.07) is 0.584. The summed E-state index contributed by atoms with van der Waals surface area (Å²) in [4.78, 5) is 17.1. The molecule has 2 fully saturated rings. The van der Waals surface area contributed by atoms with Gasteiger partial charge in [-0.05, 0) is 38.6 Å². The molecular weight excluding hydrogens is 250 g/mol. The summed E-state index contributed by atoms with van der Waals surface area (Å²) in [7, 11) is 0. The Morgan fingerprint density at radius 1 is 1.10 bits per heavy atom. The van der Waals surface area contributed by atoms with E-state index < -0.39 is 0 Å². The van der Waals surface area contributed by atoms with E-state index in [-0.39, 0.29) is 5.41 Å². The molecule has 116 valence electrons. The second kappa shape index (κ2) is 6.90. The van der Waals surface area contributed by atoms with Gasteiger partial charge in [0.1, 0.15) is 0 Å². The number of nitrogens with zero attached hydrogens (tertiary/aromatic N) is 2. The van der Waals surface area contributed by atoms with Gasteiger partial charge in [-0.2, -0.15) is 0 Å². The number of hydrogen-bond donors (Lipinski definition) is 1. The second-order valence-electron chi connectivity index (χ2n) is 6.95. The lowest BCUT2D eigenvalue weighted by Crippen LogP contribution is -2.52. The molecule has 4 nitrogen and oxygen atoms in total. The van der Waals surface area contributed by atoms with E-state index in [1.54, 1.807) is 0 Å². The van der Waals surface area contributed by atoms with Crippen molar-refractivity contribution < 1.29 is 4.79 Å². The van der Waals surface area contributed by atoms with Gasteiger partial charge in [0.05, 0.1) is 0 Å². The molecule has 0 radical (unpaired) electrons. The molecule has 1 amide bonds. The molecule has 4 heteroatoms. The van der Waals surface area contributed by atoms with Crippen molar-refractivity contribution in [3.63, 3.8) is 0 Å². The summed E-state index contributed by atoms with van der Waals surface area (Å²) in [5.41, 5.74) is 6.10. The number of hydrogen-bond acceptors (Lipinski definition) is 3. The van der Waals surface area contributed by atoms with Gasteiger partial charge in [0, 0.05) is 38.6 Å². The molecule has 2 aliphatic rings. The third-order valence-corrected chi connectivity index (χ3v) is 5.27. The van der Waals surface area contributed by atoms with Crippen LogP contribution in [-0.4, -0.2) is 54.5 Å². The number of amides is 1. The van der Waals surface area contributed by atoms with Gasteiger partial charge < -0.3 is 10.6 Å². The lowest BCUT2D eigenvalue weighted by atomic mass is 9.71. The van der Waals surface area contributed by atoms with Crippen LogP contribution in [0.15, 0.2) is 0 Å². The van der Waals surface area contributed by atoms with Crippen molar-refractivity contribution in [1.82, 2.24) is 9.80 Å². The molecule has 0 aromatic carbocycles. The standard InChI is InChI=1S/C16H31N3O/c1-14(2)18-8-10-19(11-9-18)15(20)12-16(13-17)6-4-3-5-7-16/h14H,3-13,17H2,1-2H3. The lowest BCUT2D eigenvalue weighted by molar-refractivity contribution is -0.136. The lowest BCUT2D eigenvalue weighted by Gasteiger charge is -2.40. The minimum Gasteiger partial charge on any atom is -0.340 e. The average molecular weight is 281 g/mol. The summed E-state index contributed by atoms with van der Waals surface area (Å²) in [5.74, 6) is 0.334. The highest BCUT2D eigenvalue weighted by molar-refractivity contribution is 5.77. The summed E-state index contributed by atoms with van der Waals surface area (Å²) in [5, 5.41) is 0. The van der Waals surface area contributed by atoms with E-state index in [0.29, 0.717) is 24.9 Å². The van der Waals surface area contributed by atoms with Crippen molar-refractivity contribution >= 4 is 5.91 Å². The first-order valence-corrected chi connectivity index (χ1v) is 8.28. The molecule has 0 aromatic rings. The van der Waals surface area contributed by atoms with Gasteiger partial charge in [-0.3, -0.25) is 9.69 Å². The summed E-state index contributed by atoms with van der Waals surface area (Å²) in [6.07, 6.45) is 6.74. The van der Waals surface area contributed by atoms with Crippen LogP contribution in [0.25, 0.3) is 0 Å². The van der Waals surface area contributed by atoms with E-state index in [4.69, 9.17) is 5.73 Å². The summed E-state index contributed by atoms with van der Waals surface area (Å²) < 4.78 is 0. The molecule has 1 aliphatic carbocycles. The quantitative estimate of drug-likeness (QED) is 0.855. The molecule has 2 rings (SSSR count). The van der Waals surface area contributed by atoms with Crippen molar-refractivity contribution in [3.05, 3.63) is 0 Å². The van der Waals surface area contributed by atoms with Crippen LogP contribution in [0.1, 0.15) is 52.4 Å². The maximum Gasteiger partial charge on any atom is 0.223 e. The Hall–Kier alpha value is -0.610. The zero-order chi connectivity index (χ0) is 14.6. The van der Waals surface area contributed by atoms with Gasteiger partial charge in [0.15, 0.2) is 0 Å². The molecule has 0 atom stereocenters. The number of rotatable bonds is 4. The highest BCUT2D eigenvalue weighted by Gasteiger charge is 2.35. The summed E-state index contributed by atoms with van der Waals surface area (Å²) in [6.45, 7) is 8.92. The average Bonchev–Trinajstić information content (AvgIpc) is 2.48. The van der Waals surface area contributed by atoms with Crippen LogP contribution in [0.4, 0.5) is 0 Å². The Labute approximate surface area is 123 Å². The number of carbonyl (C=O) groups is 1. The topological polar surface area (TPSA) is 49.6 Å². The third-order valence-electron chi connectivity index (χ3n) is 5.27. The Balaban J connectivity index is 1.85. The number of nitrogens with two attached hydrogens (primary N) is 1. The van der Waals surface area contributed by atoms with Crippen LogP contribution in [-0.2, 0) is 4.79 Å². The maximum atomic E-state index is 12.6. The van der Waals surface area contributed by atoms with E-state index in [1.807, 2.05) is 0 Å². The molecule has 20 heavy (non-hydrogen) atoms. The highest BCUT2D eigenvalue weighted by Crippen LogP contribution is 2.38. The van der Waals surface area contributed by atoms with Crippen molar-refractivity contribution in [2.24, 2.45) is 11.1 Å². The van der Waals surface area contributed by atoms with Crippen molar-refractivity contribution in [1.29, 1.82) is 0 Å². The molecule has 2 N–H and O–H groups in total. The van der Waals surface area contributed by atoms with Gasteiger partial charge in [0.25, 0.3) is 0 Å². The third kappa shape index (κ3) is 3.73. The SMILES string of the molecule is CC(C)N1CCN(C(=O)CC2(CN)CCCCC2)CC1. The van der Waals surface area contributed by atoms with E-state index in [2.05, 4.69) is 23.6 Å². The van der Waals surface area contributed by atoms with Crippen LogP contribution < -0.4 is 5.73 Å². The molecule has 1 aliphatic heterocycles. The van der Waals surface area contributed by atoms with Crippen LogP contribution in [0, 0.1) is 5.41 Å². The van der Waals surface area contributed by atoms with Crippen LogP contribution in [0.3, 0.4) is 0 Å². The Bertz CT molecular complexity index is 316. The van der Waals surface area contributed by atoms with Crippen LogP contribution in [0.5, 0.6) is 0 Å². The van der Waals surface area contributed by atoms with E-state index >= 15 is 0 Å². The molecule has 1 saturated carbocycles. The first-order valence-electron chi connectivity index (χ1n) is 8.28. The first-order chi connectivity index (χ1) is 9.56. The number of piperazine rings is 1. The van der Waals surface area contributed by atoms with Gasteiger partial charge in [-0.15, -0.1) is 0 Å². The Morgan fingerprint density at radius 3 is 2.20 bits per heavy atom. The van der Waals surface area contributed by atoms with Gasteiger partial charge in [-0.1, -0.05) is 19.3 Å². The smallest absolute Gasteiger partial charge is 0.223 e. The van der Waals surface area contributed by atoms with Gasteiger partial charge >= 0.3 is 0 Å². The zero-order valence-corrected chi connectivity index (χ0v) is 13.2. The Kier molecular flexibility index (Phi) is 5.44. The fraction of sp³-hybridized carbons (Fsp3) is 0.938.